The first kappa shape index (κ1) is 17.5. The maximum Gasteiger partial charge on any atom is 0.222 e. The van der Waals surface area contributed by atoms with Crippen LogP contribution in [0.2, 0.25) is 0 Å². The van der Waals surface area contributed by atoms with Gasteiger partial charge in [0.05, 0.1) is 5.52 Å². The molecule has 2 heterocycles. The predicted octanol–water partition coefficient (Wildman–Crippen LogP) is 4.68. The van der Waals surface area contributed by atoms with E-state index < -0.39 is 0 Å². The van der Waals surface area contributed by atoms with E-state index in [2.05, 4.69) is 41.4 Å². The molecule has 0 N–H and O–H groups in total. The molecule has 0 radical (unpaired) electrons. The van der Waals surface area contributed by atoms with E-state index >= 15 is 0 Å². The average molecular weight is 360 g/mol. The van der Waals surface area contributed by atoms with Gasteiger partial charge in [-0.2, -0.15) is 0 Å². The number of pyridine rings is 1. The number of rotatable bonds is 4. The molecule has 0 bridgehead atoms. The number of benzene rings is 2. The van der Waals surface area contributed by atoms with Gasteiger partial charge in [0.1, 0.15) is 11.9 Å². The van der Waals surface area contributed by atoms with Crippen molar-refractivity contribution < 1.29 is 9.53 Å². The summed E-state index contributed by atoms with van der Waals surface area (Å²) in [6.45, 7) is 3.50. The number of ether oxygens (including phenoxy) is 1. The van der Waals surface area contributed by atoms with Crippen LogP contribution in [0.25, 0.3) is 22.0 Å². The Kier molecular flexibility index (Phi) is 5.05. The Hall–Kier alpha value is -2.88. The van der Waals surface area contributed by atoms with Gasteiger partial charge in [0.15, 0.2) is 0 Å². The van der Waals surface area contributed by atoms with E-state index in [9.17, 15) is 4.79 Å². The molecule has 1 aliphatic heterocycles. The summed E-state index contributed by atoms with van der Waals surface area (Å²) in [5, 5.41) is 1.15. The fourth-order valence-corrected chi connectivity index (χ4v) is 3.61. The van der Waals surface area contributed by atoms with E-state index in [1.54, 1.807) is 0 Å². The molecule has 138 valence electrons. The topological polar surface area (TPSA) is 42.4 Å². The van der Waals surface area contributed by atoms with Crippen LogP contribution in [0.5, 0.6) is 5.75 Å². The van der Waals surface area contributed by atoms with Crippen LogP contribution in [-0.4, -0.2) is 35.0 Å². The van der Waals surface area contributed by atoms with Crippen LogP contribution in [0.15, 0.2) is 60.8 Å². The largest absolute Gasteiger partial charge is 0.490 e. The normalized spacial score (nSPS) is 15.1. The molecule has 1 aromatic heterocycles. The number of fused-ring (bicyclic) bond motifs is 1. The monoisotopic (exact) mass is 360 g/mol. The van der Waals surface area contributed by atoms with Crippen LogP contribution in [0.3, 0.4) is 0 Å². The van der Waals surface area contributed by atoms with Gasteiger partial charge >= 0.3 is 0 Å². The highest BCUT2D eigenvalue weighted by Crippen LogP contribution is 2.26. The second kappa shape index (κ2) is 7.78. The average Bonchev–Trinajstić information content (AvgIpc) is 2.74. The number of carbonyl (C=O) groups excluding carboxylic acids is 1. The van der Waals surface area contributed by atoms with Crippen molar-refractivity contribution in [3.63, 3.8) is 0 Å². The summed E-state index contributed by atoms with van der Waals surface area (Å²) in [7, 11) is 0. The number of carbonyl (C=O) groups is 1. The lowest BCUT2D eigenvalue weighted by Crippen LogP contribution is -2.41. The third-order valence-corrected chi connectivity index (χ3v) is 5.19. The molecule has 0 unspecified atom stereocenters. The van der Waals surface area contributed by atoms with Crippen molar-refractivity contribution >= 4 is 16.8 Å². The van der Waals surface area contributed by atoms with Crippen molar-refractivity contribution in [1.82, 2.24) is 9.88 Å². The van der Waals surface area contributed by atoms with E-state index in [1.165, 1.54) is 0 Å². The third-order valence-electron chi connectivity index (χ3n) is 5.19. The second-order valence-corrected chi connectivity index (χ2v) is 6.99. The van der Waals surface area contributed by atoms with Crippen molar-refractivity contribution in [3.8, 4) is 16.9 Å². The summed E-state index contributed by atoms with van der Waals surface area (Å²) >= 11 is 0. The smallest absolute Gasteiger partial charge is 0.222 e. The molecular weight excluding hydrogens is 336 g/mol. The highest BCUT2D eigenvalue weighted by molar-refractivity contribution is 5.84. The Bertz CT molecular complexity index is 929. The lowest BCUT2D eigenvalue weighted by Gasteiger charge is -2.32. The van der Waals surface area contributed by atoms with Crippen molar-refractivity contribution in [2.24, 2.45) is 0 Å². The van der Waals surface area contributed by atoms with Gasteiger partial charge in [-0.05, 0) is 35.4 Å². The minimum atomic E-state index is 0.182. The number of aromatic nitrogens is 1. The Morgan fingerprint density at radius 2 is 1.81 bits per heavy atom. The molecule has 2 aromatic carbocycles. The molecular formula is C23H24N2O2. The summed E-state index contributed by atoms with van der Waals surface area (Å²) in [5.41, 5.74) is 3.31. The van der Waals surface area contributed by atoms with E-state index in [1.807, 2.05) is 36.2 Å². The molecule has 1 fully saturated rings. The van der Waals surface area contributed by atoms with Crippen LogP contribution >= 0.6 is 0 Å². The van der Waals surface area contributed by atoms with E-state index in [0.29, 0.717) is 6.42 Å². The van der Waals surface area contributed by atoms with Gasteiger partial charge in [-0.3, -0.25) is 9.78 Å². The molecule has 0 atom stereocenters. The minimum Gasteiger partial charge on any atom is -0.490 e. The van der Waals surface area contributed by atoms with E-state index in [-0.39, 0.29) is 12.0 Å². The first-order chi connectivity index (χ1) is 13.2. The predicted molar refractivity (Wildman–Crippen MR) is 108 cm³/mol. The summed E-state index contributed by atoms with van der Waals surface area (Å²) in [4.78, 5) is 18.1. The minimum absolute atomic E-state index is 0.182. The lowest BCUT2D eigenvalue weighted by molar-refractivity contribution is -0.132. The molecule has 27 heavy (non-hydrogen) atoms. The Morgan fingerprint density at radius 1 is 1.07 bits per heavy atom. The maximum absolute atomic E-state index is 11.8. The fourth-order valence-electron chi connectivity index (χ4n) is 3.61. The molecule has 1 aliphatic rings. The second-order valence-electron chi connectivity index (χ2n) is 6.99. The molecule has 4 rings (SSSR count). The number of likely N-dealkylation sites (tertiary alicyclic amines) is 1. The highest BCUT2D eigenvalue weighted by atomic mass is 16.5. The maximum atomic E-state index is 11.8. The Morgan fingerprint density at radius 3 is 2.56 bits per heavy atom. The van der Waals surface area contributed by atoms with Crippen LogP contribution < -0.4 is 4.74 Å². The van der Waals surface area contributed by atoms with Gasteiger partial charge in [0.25, 0.3) is 0 Å². The number of hydrogen-bond donors (Lipinski definition) is 0. The number of piperidine rings is 1. The van der Waals surface area contributed by atoms with Gasteiger partial charge in [-0.25, -0.2) is 0 Å². The van der Waals surface area contributed by atoms with E-state index in [4.69, 9.17) is 4.74 Å². The van der Waals surface area contributed by atoms with Crippen LogP contribution in [0.1, 0.15) is 26.2 Å². The van der Waals surface area contributed by atoms with Crippen LogP contribution in [0, 0.1) is 0 Å². The lowest BCUT2D eigenvalue weighted by atomic mass is 10.0. The Balaban J connectivity index is 1.41. The third kappa shape index (κ3) is 3.95. The number of amides is 1. The van der Waals surface area contributed by atoms with Crippen molar-refractivity contribution in [1.29, 1.82) is 0 Å². The summed E-state index contributed by atoms with van der Waals surface area (Å²) in [6, 6.07) is 18.6. The molecule has 0 spiro atoms. The van der Waals surface area contributed by atoms with Crippen molar-refractivity contribution in [2.75, 3.05) is 13.1 Å². The van der Waals surface area contributed by atoms with Gasteiger partial charge in [0.2, 0.25) is 5.91 Å². The van der Waals surface area contributed by atoms with Gasteiger partial charge < -0.3 is 9.64 Å². The molecule has 0 saturated carbocycles. The highest BCUT2D eigenvalue weighted by Gasteiger charge is 2.22. The summed E-state index contributed by atoms with van der Waals surface area (Å²) < 4.78 is 6.13. The molecule has 1 amide bonds. The molecule has 4 heteroatoms. The standard InChI is InChI=1S/C23H24N2O2/c1-2-23(26)25-14-11-21(12-15-25)27-20-9-7-17(8-10-20)19-6-5-18-4-3-13-24-22(18)16-19/h3-10,13,16,21H,2,11-12,14-15H2,1H3. The summed E-state index contributed by atoms with van der Waals surface area (Å²) in [6.07, 6.45) is 4.37. The van der Waals surface area contributed by atoms with Crippen LogP contribution in [0.4, 0.5) is 0 Å². The molecule has 1 saturated heterocycles. The van der Waals surface area contributed by atoms with Gasteiger partial charge in [-0.1, -0.05) is 37.3 Å². The first-order valence-electron chi connectivity index (χ1n) is 9.62. The fraction of sp³-hybridized carbons (Fsp3) is 0.304. The molecule has 0 aliphatic carbocycles. The number of hydrogen-bond acceptors (Lipinski definition) is 3. The number of nitrogens with zero attached hydrogens (tertiary/aromatic N) is 2. The van der Waals surface area contributed by atoms with Crippen molar-refractivity contribution in [3.05, 3.63) is 60.8 Å². The molecule has 3 aromatic rings. The quantitative estimate of drug-likeness (QED) is 0.678. The SMILES string of the molecule is CCC(=O)N1CCC(Oc2ccc(-c3ccc4cccnc4c3)cc2)CC1. The zero-order valence-electron chi connectivity index (χ0n) is 15.6. The zero-order valence-corrected chi connectivity index (χ0v) is 15.6. The van der Waals surface area contributed by atoms with Crippen LogP contribution in [-0.2, 0) is 4.79 Å². The zero-order chi connectivity index (χ0) is 18.6. The molecule has 4 nitrogen and oxygen atoms in total. The van der Waals surface area contributed by atoms with E-state index in [0.717, 1.165) is 53.7 Å². The summed E-state index contributed by atoms with van der Waals surface area (Å²) in [5.74, 6) is 1.13. The van der Waals surface area contributed by atoms with Gasteiger partial charge in [-0.15, -0.1) is 0 Å². The van der Waals surface area contributed by atoms with Crippen molar-refractivity contribution in [2.45, 2.75) is 32.3 Å². The first-order valence-corrected chi connectivity index (χ1v) is 9.62. The Labute approximate surface area is 159 Å². The van der Waals surface area contributed by atoms with Gasteiger partial charge in [0, 0.05) is 43.9 Å².